The molecular formula is C9H20N2O2S. The largest absolute Gasteiger partial charge is 0.301 e. The molecule has 1 rings (SSSR count). The van der Waals surface area contributed by atoms with Crippen LogP contribution in [0.2, 0.25) is 0 Å². The van der Waals surface area contributed by atoms with Gasteiger partial charge in [-0.25, -0.2) is 8.42 Å². The summed E-state index contributed by atoms with van der Waals surface area (Å²) in [5, 5.41) is -0.307. The smallest absolute Gasteiger partial charge is 0.216 e. The second kappa shape index (κ2) is 4.16. The summed E-state index contributed by atoms with van der Waals surface area (Å²) >= 11 is 0. The highest BCUT2D eigenvalue weighted by Crippen LogP contribution is 2.14. The van der Waals surface area contributed by atoms with E-state index in [1.165, 1.54) is 0 Å². The van der Waals surface area contributed by atoms with Crippen molar-refractivity contribution < 1.29 is 8.42 Å². The summed E-state index contributed by atoms with van der Waals surface area (Å²) in [5.41, 5.74) is 0. The van der Waals surface area contributed by atoms with Crippen LogP contribution >= 0.6 is 0 Å². The van der Waals surface area contributed by atoms with Crippen molar-refractivity contribution >= 4 is 10.0 Å². The highest BCUT2D eigenvalue weighted by Gasteiger charge is 2.31. The van der Waals surface area contributed by atoms with Gasteiger partial charge in [-0.15, -0.1) is 0 Å². The maximum Gasteiger partial charge on any atom is 0.216 e. The molecule has 0 unspecified atom stereocenters. The van der Waals surface area contributed by atoms with Crippen LogP contribution in [0.15, 0.2) is 0 Å². The lowest BCUT2D eigenvalue weighted by Crippen LogP contribution is -2.53. The monoisotopic (exact) mass is 220 g/mol. The maximum atomic E-state index is 11.8. The highest BCUT2D eigenvalue weighted by atomic mass is 32.2. The number of hydrogen-bond donors (Lipinski definition) is 0. The Labute approximate surface area is 86.9 Å². The van der Waals surface area contributed by atoms with Crippen molar-refractivity contribution in [1.29, 1.82) is 0 Å². The molecule has 0 N–H and O–H groups in total. The summed E-state index contributed by atoms with van der Waals surface area (Å²) in [5.74, 6) is 0. The predicted octanol–water partition coefficient (Wildman–Crippen LogP) is 0.361. The molecule has 0 saturated carbocycles. The molecule has 1 heterocycles. The molecule has 0 aromatic carbocycles. The predicted molar refractivity (Wildman–Crippen MR) is 57.7 cm³/mol. The molecule has 0 aromatic heterocycles. The highest BCUT2D eigenvalue weighted by molar-refractivity contribution is 7.89. The molecule has 0 bridgehead atoms. The van der Waals surface area contributed by atoms with E-state index in [-0.39, 0.29) is 5.25 Å². The summed E-state index contributed by atoms with van der Waals surface area (Å²) in [4.78, 5) is 2.19. The minimum Gasteiger partial charge on any atom is -0.301 e. The van der Waals surface area contributed by atoms with Crippen molar-refractivity contribution in [2.75, 3.05) is 26.7 Å². The number of sulfonamides is 1. The first kappa shape index (κ1) is 11.9. The van der Waals surface area contributed by atoms with Crippen LogP contribution in [0.25, 0.3) is 0 Å². The van der Waals surface area contributed by atoms with Gasteiger partial charge in [0, 0.05) is 25.7 Å². The Morgan fingerprint density at radius 3 is 2.29 bits per heavy atom. The zero-order valence-electron chi connectivity index (χ0n) is 9.40. The molecule has 1 fully saturated rings. The second-order valence-corrected chi connectivity index (χ2v) is 6.77. The van der Waals surface area contributed by atoms with E-state index in [9.17, 15) is 8.42 Å². The normalized spacial score (nSPS) is 27.1. The second-order valence-electron chi connectivity index (χ2n) is 4.28. The first-order valence-corrected chi connectivity index (χ1v) is 6.55. The van der Waals surface area contributed by atoms with Gasteiger partial charge in [0.25, 0.3) is 0 Å². The van der Waals surface area contributed by atoms with Crippen LogP contribution in [0, 0.1) is 0 Å². The summed E-state index contributed by atoms with van der Waals surface area (Å²) < 4.78 is 25.3. The fourth-order valence-corrected chi connectivity index (χ4v) is 2.90. The molecular weight excluding hydrogens is 200 g/mol. The van der Waals surface area contributed by atoms with Gasteiger partial charge in [0.2, 0.25) is 10.0 Å². The average molecular weight is 220 g/mol. The molecule has 14 heavy (non-hydrogen) atoms. The van der Waals surface area contributed by atoms with Crippen molar-refractivity contribution in [3.63, 3.8) is 0 Å². The topological polar surface area (TPSA) is 40.6 Å². The lowest BCUT2D eigenvalue weighted by atomic mass is 10.2. The first-order chi connectivity index (χ1) is 6.35. The molecule has 1 saturated heterocycles. The third-order valence-electron chi connectivity index (χ3n) is 2.88. The number of rotatable bonds is 2. The Morgan fingerprint density at radius 1 is 1.29 bits per heavy atom. The minimum atomic E-state index is -3.05. The molecule has 5 heteroatoms. The summed E-state index contributed by atoms with van der Waals surface area (Å²) in [6, 6.07) is 0.317. The Balaban J connectivity index is 2.73. The van der Waals surface area contributed by atoms with Gasteiger partial charge in [0.15, 0.2) is 0 Å². The molecule has 84 valence electrons. The zero-order chi connectivity index (χ0) is 10.9. The molecule has 0 radical (unpaired) electrons. The minimum absolute atomic E-state index is 0.307. The molecule has 1 aliphatic heterocycles. The molecule has 1 atom stereocenters. The van der Waals surface area contributed by atoms with E-state index in [0.717, 1.165) is 6.54 Å². The van der Waals surface area contributed by atoms with Crippen molar-refractivity contribution in [2.45, 2.75) is 32.1 Å². The van der Waals surface area contributed by atoms with E-state index >= 15 is 0 Å². The lowest BCUT2D eigenvalue weighted by Gasteiger charge is -2.37. The van der Waals surface area contributed by atoms with Gasteiger partial charge in [-0.2, -0.15) is 4.31 Å². The lowest BCUT2D eigenvalue weighted by molar-refractivity contribution is 0.159. The van der Waals surface area contributed by atoms with Gasteiger partial charge in [0.05, 0.1) is 5.25 Å². The van der Waals surface area contributed by atoms with Gasteiger partial charge >= 0.3 is 0 Å². The van der Waals surface area contributed by atoms with Crippen LogP contribution in [-0.2, 0) is 10.0 Å². The Kier molecular flexibility index (Phi) is 3.55. The summed E-state index contributed by atoms with van der Waals surface area (Å²) in [7, 11) is -1.02. The van der Waals surface area contributed by atoms with Crippen LogP contribution in [0.3, 0.4) is 0 Å². The Bertz CT molecular complexity index is 287. The quantitative estimate of drug-likeness (QED) is 0.674. The van der Waals surface area contributed by atoms with Gasteiger partial charge in [-0.05, 0) is 27.8 Å². The van der Waals surface area contributed by atoms with E-state index in [1.807, 2.05) is 7.05 Å². The van der Waals surface area contributed by atoms with E-state index in [0.29, 0.717) is 19.1 Å². The van der Waals surface area contributed by atoms with Gasteiger partial charge in [-0.3, -0.25) is 0 Å². The van der Waals surface area contributed by atoms with Crippen molar-refractivity contribution in [3.8, 4) is 0 Å². The number of nitrogens with zero attached hydrogens (tertiary/aromatic N) is 2. The SMILES string of the molecule is CC(C)S(=O)(=O)N1CCN(C)[C@@H](C)C1. The van der Waals surface area contributed by atoms with E-state index in [1.54, 1.807) is 18.2 Å². The number of likely N-dealkylation sites (N-methyl/N-ethyl adjacent to an activating group) is 1. The molecule has 0 spiro atoms. The van der Waals surface area contributed by atoms with Crippen molar-refractivity contribution in [3.05, 3.63) is 0 Å². The van der Waals surface area contributed by atoms with Crippen LogP contribution in [0.1, 0.15) is 20.8 Å². The Hall–Kier alpha value is -0.130. The third kappa shape index (κ3) is 2.27. The van der Waals surface area contributed by atoms with Crippen LogP contribution in [0.4, 0.5) is 0 Å². The van der Waals surface area contributed by atoms with E-state index < -0.39 is 10.0 Å². The molecule has 1 aliphatic rings. The van der Waals surface area contributed by atoms with E-state index in [4.69, 9.17) is 0 Å². The average Bonchev–Trinajstić information content (AvgIpc) is 2.09. The van der Waals surface area contributed by atoms with Gasteiger partial charge in [0.1, 0.15) is 0 Å². The molecule has 0 amide bonds. The zero-order valence-corrected chi connectivity index (χ0v) is 10.2. The van der Waals surface area contributed by atoms with Gasteiger partial charge < -0.3 is 4.90 Å². The van der Waals surface area contributed by atoms with Crippen LogP contribution in [-0.4, -0.2) is 55.6 Å². The first-order valence-electron chi connectivity index (χ1n) is 5.05. The summed E-state index contributed by atoms with van der Waals surface area (Å²) in [6.07, 6.45) is 0. The standard InChI is InChI=1S/C9H20N2O2S/c1-8(2)14(12,13)11-6-5-10(4)9(3)7-11/h8-9H,5-7H2,1-4H3/t9-/m0/s1. The van der Waals surface area contributed by atoms with E-state index in [2.05, 4.69) is 11.8 Å². The van der Waals surface area contributed by atoms with Crippen molar-refractivity contribution in [2.24, 2.45) is 0 Å². The fraction of sp³-hybridized carbons (Fsp3) is 1.00. The Morgan fingerprint density at radius 2 is 1.86 bits per heavy atom. The molecule has 0 aliphatic carbocycles. The molecule has 0 aromatic rings. The molecule has 4 nitrogen and oxygen atoms in total. The fourth-order valence-electron chi connectivity index (χ4n) is 1.54. The number of hydrogen-bond acceptors (Lipinski definition) is 3. The number of piperazine rings is 1. The van der Waals surface area contributed by atoms with Crippen molar-refractivity contribution in [1.82, 2.24) is 9.21 Å². The van der Waals surface area contributed by atoms with Crippen LogP contribution < -0.4 is 0 Å². The third-order valence-corrected chi connectivity index (χ3v) is 5.12. The summed E-state index contributed by atoms with van der Waals surface area (Å²) in [6.45, 7) is 7.60. The van der Waals surface area contributed by atoms with Crippen LogP contribution in [0.5, 0.6) is 0 Å². The maximum absolute atomic E-state index is 11.8. The van der Waals surface area contributed by atoms with Gasteiger partial charge in [-0.1, -0.05) is 0 Å².